The molecule has 0 aliphatic heterocycles. The lowest BCUT2D eigenvalue weighted by Crippen LogP contribution is -2.48. The summed E-state index contributed by atoms with van der Waals surface area (Å²) in [5.74, 6) is 0.420. The van der Waals surface area contributed by atoms with E-state index in [4.69, 9.17) is 4.74 Å². The number of carbonyl (C=O) groups excluding carboxylic acids is 3. The van der Waals surface area contributed by atoms with Crippen LogP contribution in [0.4, 0.5) is 4.79 Å². The van der Waals surface area contributed by atoms with Crippen LogP contribution in [0.25, 0.3) is 0 Å². The van der Waals surface area contributed by atoms with Crippen LogP contribution in [-0.2, 0) is 9.53 Å². The fraction of sp³-hybridized carbons (Fsp3) is 0.526. The van der Waals surface area contributed by atoms with E-state index in [2.05, 4.69) is 10.6 Å². The molecule has 7 heteroatoms. The molecule has 2 saturated carbocycles. The number of benzene rings is 1. The number of carbonyl (C=O) groups is 3. The van der Waals surface area contributed by atoms with Crippen molar-refractivity contribution in [1.29, 1.82) is 0 Å². The molecule has 1 aromatic rings. The maximum absolute atomic E-state index is 12.0. The van der Waals surface area contributed by atoms with Gasteiger partial charge in [0.2, 0.25) is 0 Å². The van der Waals surface area contributed by atoms with E-state index in [9.17, 15) is 19.5 Å². The van der Waals surface area contributed by atoms with Gasteiger partial charge in [-0.2, -0.15) is 0 Å². The summed E-state index contributed by atoms with van der Waals surface area (Å²) in [6.45, 7) is 1.40. The summed E-state index contributed by atoms with van der Waals surface area (Å²) >= 11 is 0. The highest BCUT2D eigenvalue weighted by Gasteiger charge is 2.42. The van der Waals surface area contributed by atoms with Crippen LogP contribution in [0.3, 0.4) is 0 Å². The minimum absolute atomic E-state index is 0.00736. The van der Waals surface area contributed by atoms with Gasteiger partial charge in [-0.25, -0.2) is 9.59 Å². The number of aromatic hydroxyl groups is 1. The Morgan fingerprint density at radius 1 is 1.27 bits per heavy atom. The molecule has 2 fully saturated rings. The zero-order valence-corrected chi connectivity index (χ0v) is 14.7. The first-order valence-electron chi connectivity index (χ1n) is 8.99. The molecule has 140 valence electrons. The Morgan fingerprint density at radius 3 is 2.73 bits per heavy atom. The third-order valence-electron chi connectivity index (χ3n) is 5.46. The largest absolute Gasteiger partial charge is 0.508 e. The number of fused-ring (bicyclic) bond motifs is 2. The third-order valence-corrected chi connectivity index (χ3v) is 5.46. The number of phenols is 1. The van der Waals surface area contributed by atoms with E-state index >= 15 is 0 Å². The molecule has 3 rings (SSSR count). The van der Waals surface area contributed by atoms with Crippen molar-refractivity contribution < 1.29 is 24.2 Å². The van der Waals surface area contributed by atoms with E-state index in [0.29, 0.717) is 11.8 Å². The van der Waals surface area contributed by atoms with Gasteiger partial charge in [0.25, 0.3) is 5.91 Å². The van der Waals surface area contributed by atoms with Crippen LogP contribution in [0, 0.1) is 17.8 Å². The van der Waals surface area contributed by atoms with Crippen molar-refractivity contribution in [1.82, 2.24) is 10.6 Å². The van der Waals surface area contributed by atoms with Crippen molar-refractivity contribution in [3.05, 3.63) is 29.8 Å². The highest BCUT2D eigenvalue weighted by atomic mass is 16.5. The fourth-order valence-electron chi connectivity index (χ4n) is 4.27. The fourth-order valence-corrected chi connectivity index (χ4v) is 4.27. The number of urea groups is 1. The van der Waals surface area contributed by atoms with Crippen LogP contribution in [0.1, 0.15) is 43.0 Å². The Bertz CT molecular complexity index is 705. The summed E-state index contributed by atoms with van der Waals surface area (Å²) in [7, 11) is 0. The van der Waals surface area contributed by atoms with E-state index in [-0.39, 0.29) is 17.4 Å². The van der Waals surface area contributed by atoms with Crippen LogP contribution in [0.15, 0.2) is 24.3 Å². The first-order chi connectivity index (χ1) is 12.4. The summed E-state index contributed by atoms with van der Waals surface area (Å²) in [6, 6.07) is 5.06. The van der Waals surface area contributed by atoms with Crippen molar-refractivity contribution in [3.63, 3.8) is 0 Å². The van der Waals surface area contributed by atoms with Crippen molar-refractivity contribution in [2.45, 2.75) is 38.6 Å². The maximum atomic E-state index is 12.0. The molecule has 4 atom stereocenters. The van der Waals surface area contributed by atoms with Gasteiger partial charge in [0, 0.05) is 6.04 Å². The third kappa shape index (κ3) is 4.33. The van der Waals surface area contributed by atoms with E-state index < -0.39 is 24.5 Å². The van der Waals surface area contributed by atoms with Gasteiger partial charge in [-0.05, 0) is 62.1 Å². The maximum Gasteiger partial charge on any atom is 0.338 e. The minimum Gasteiger partial charge on any atom is -0.508 e. The van der Waals surface area contributed by atoms with Gasteiger partial charge < -0.3 is 15.2 Å². The molecule has 2 bridgehead atoms. The molecule has 3 N–H and O–H groups in total. The van der Waals surface area contributed by atoms with Crippen molar-refractivity contribution in [2.24, 2.45) is 17.8 Å². The van der Waals surface area contributed by atoms with Crippen LogP contribution in [-0.4, -0.2) is 35.7 Å². The predicted octanol–water partition coefficient (Wildman–Crippen LogP) is 2.20. The van der Waals surface area contributed by atoms with E-state index in [1.165, 1.54) is 43.5 Å². The van der Waals surface area contributed by atoms with E-state index in [0.717, 1.165) is 12.3 Å². The lowest BCUT2D eigenvalue weighted by molar-refractivity contribution is -0.123. The number of hydrogen-bond donors (Lipinski definition) is 3. The summed E-state index contributed by atoms with van der Waals surface area (Å²) in [6.07, 6.45) is 4.92. The lowest BCUT2D eigenvalue weighted by atomic mass is 9.84. The molecule has 0 heterocycles. The molecule has 0 radical (unpaired) electrons. The average molecular weight is 360 g/mol. The van der Waals surface area contributed by atoms with Crippen LogP contribution in [0.5, 0.6) is 5.75 Å². The summed E-state index contributed by atoms with van der Waals surface area (Å²) in [4.78, 5) is 35.6. The highest BCUT2D eigenvalue weighted by molar-refractivity contribution is 5.97. The Kier molecular flexibility index (Phi) is 5.44. The smallest absolute Gasteiger partial charge is 0.338 e. The summed E-state index contributed by atoms with van der Waals surface area (Å²) < 4.78 is 4.85. The highest BCUT2D eigenvalue weighted by Crippen LogP contribution is 2.49. The molecular formula is C19H24N2O5. The number of imide groups is 1. The SMILES string of the molecule is C[C@H](NC(=O)NC(=O)COC(=O)c1cccc(O)c1)[C@@H]1C[C@H]2CC[C@H]1C2. The predicted molar refractivity (Wildman–Crippen MR) is 93.5 cm³/mol. The van der Waals surface area contributed by atoms with Crippen LogP contribution in [0.2, 0.25) is 0 Å². The van der Waals surface area contributed by atoms with Crippen LogP contribution >= 0.6 is 0 Å². The van der Waals surface area contributed by atoms with Crippen LogP contribution < -0.4 is 10.6 Å². The number of esters is 1. The average Bonchev–Trinajstić information content (AvgIpc) is 3.22. The second kappa shape index (κ2) is 7.76. The number of ether oxygens (including phenoxy) is 1. The number of phenolic OH excluding ortho intramolecular Hbond substituents is 1. The molecule has 0 unspecified atom stereocenters. The molecule has 2 aliphatic rings. The first kappa shape index (κ1) is 18.2. The van der Waals surface area contributed by atoms with E-state index in [1.54, 1.807) is 0 Å². The molecule has 26 heavy (non-hydrogen) atoms. The molecule has 1 aromatic carbocycles. The summed E-state index contributed by atoms with van der Waals surface area (Å²) in [5, 5.41) is 14.3. The number of nitrogens with one attached hydrogen (secondary N) is 2. The van der Waals surface area contributed by atoms with Gasteiger partial charge in [-0.15, -0.1) is 0 Å². The minimum atomic E-state index is -0.744. The Morgan fingerprint density at radius 2 is 2.08 bits per heavy atom. The van der Waals surface area contributed by atoms with Crippen molar-refractivity contribution in [3.8, 4) is 5.75 Å². The molecular weight excluding hydrogens is 336 g/mol. The van der Waals surface area contributed by atoms with Gasteiger partial charge in [-0.3, -0.25) is 10.1 Å². The molecule has 0 aromatic heterocycles. The standard InChI is InChI=1S/C19H24N2O5/c1-11(16-8-12-5-6-13(16)7-12)20-19(25)21-17(23)10-26-18(24)14-3-2-4-15(22)9-14/h2-4,9,11-13,16,22H,5-8,10H2,1H3,(H2,20,21,23,25)/t11-,12-,13-,16-/m0/s1. The van der Waals surface area contributed by atoms with E-state index in [1.807, 2.05) is 6.92 Å². The Labute approximate surface area is 152 Å². The second-order valence-electron chi connectivity index (χ2n) is 7.28. The quantitative estimate of drug-likeness (QED) is 0.698. The number of rotatable bonds is 5. The topological polar surface area (TPSA) is 105 Å². The van der Waals surface area contributed by atoms with Crippen molar-refractivity contribution in [2.75, 3.05) is 6.61 Å². The lowest BCUT2D eigenvalue weighted by Gasteiger charge is -2.28. The second-order valence-corrected chi connectivity index (χ2v) is 7.28. The first-order valence-corrected chi connectivity index (χ1v) is 8.99. The molecule has 0 spiro atoms. The normalized spacial score (nSPS) is 24.7. The van der Waals surface area contributed by atoms with Gasteiger partial charge in [0.1, 0.15) is 5.75 Å². The Balaban J connectivity index is 1.40. The van der Waals surface area contributed by atoms with Gasteiger partial charge >= 0.3 is 12.0 Å². The van der Waals surface area contributed by atoms with Gasteiger partial charge in [0.05, 0.1) is 5.56 Å². The Hall–Kier alpha value is -2.57. The molecule has 3 amide bonds. The number of hydrogen-bond acceptors (Lipinski definition) is 5. The molecule has 2 aliphatic carbocycles. The zero-order chi connectivity index (χ0) is 18.7. The zero-order valence-electron chi connectivity index (χ0n) is 14.7. The summed E-state index contributed by atoms with van der Waals surface area (Å²) in [5.41, 5.74) is 0.132. The molecule has 0 saturated heterocycles. The van der Waals surface area contributed by atoms with Gasteiger partial charge in [0.15, 0.2) is 6.61 Å². The molecule has 7 nitrogen and oxygen atoms in total. The number of amides is 3. The van der Waals surface area contributed by atoms with Gasteiger partial charge in [-0.1, -0.05) is 12.5 Å². The van der Waals surface area contributed by atoms with Crippen molar-refractivity contribution >= 4 is 17.9 Å². The monoisotopic (exact) mass is 360 g/mol.